The van der Waals surface area contributed by atoms with E-state index in [0.29, 0.717) is 10.7 Å². The lowest BCUT2D eigenvalue weighted by atomic mass is 10.2. The SMILES string of the molecule is Cc1c(Cl)cccc1NC(=O)c1nonc1N. The number of nitrogens with two attached hydrogens (primary N) is 1. The number of nitrogens with zero attached hydrogens (tertiary/aromatic N) is 2. The van der Waals surface area contributed by atoms with E-state index in [9.17, 15) is 4.79 Å². The third-order valence-corrected chi connectivity index (χ3v) is 2.65. The highest BCUT2D eigenvalue weighted by molar-refractivity contribution is 6.31. The van der Waals surface area contributed by atoms with Gasteiger partial charge in [-0.25, -0.2) is 4.63 Å². The van der Waals surface area contributed by atoms with E-state index >= 15 is 0 Å². The molecule has 7 heteroatoms. The predicted octanol–water partition coefficient (Wildman–Crippen LogP) is 1.87. The summed E-state index contributed by atoms with van der Waals surface area (Å²) in [6.45, 7) is 1.79. The van der Waals surface area contributed by atoms with Crippen LogP contribution in [0.4, 0.5) is 11.5 Å². The average Bonchev–Trinajstić information content (AvgIpc) is 2.71. The molecule has 0 aliphatic rings. The Balaban J connectivity index is 2.25. The monoisotopic (exact) mass is 252 g/mol. The molecule has 0 bridgehead atoms. The first kappa shape index (κ1) is 11.4. The van der Waals surface area contributed by atoms with Crippen molar-refractivity contribution < 1.29 is 9.42 Å². The Hall–Kier alpha value is -2.08. The van der Waals surface area contributed by atoms with Gasteiger partial charge in [-0.3, -0.25) is 4.79 Å². The van der Waals surface area contributed by atoms with Crippen LogP contribution in [0.15, 0.2) is 22.8 Å². The maximum absolute atomic E-state index is 11.8. The first-order chi connectivity index (χ1) is 8.09. The van der Waals surface area contributed by atoms with E-state index in [0.717, 1.165) is 5.56 Å². The molecule has 6 nitrogen and oxygen atoms in total. The van der Waals surface area contributed by atoms with E-state index < -0.39 is 5.91 Å². The van der Waals surface area contributed by atoms with E-state index in [1.54, 1.807) is 25.1 Å². The molecule has 1 aromatic carbocycles. The fourth-order valence-electron chi connectivity index (χ4n) is 1.28. The number of amides is 1. The first-order valence-electron chi connectivity index (χ1n) is 4.74. The van der Waals surface area contributed by atoms with Gasteiger partial charge < -0.3 is 11.1 Å². The summed E-state index contributed by atoms with van der Waals surface area (Å²) in [6, 6.07) is 5.19. The minimum atomic E-state index is -0.492. The molecule has 0 unspecified atom stereocenters. The number of carbonyl (C=O) groups excluding carboxylic acids is 1. The van der Waals surface area contributed by atoms with Crippen LogP contribution in [0.5, 0.6) is 0 Å². The zero-order valence-corrected chi connectivity index (χ0v) is 9.65. The smallest absolute Gasteiger partial charge is 0.281 e. The normalized spacial score (nSPS) is 10.2. The van der Waals surface area contributed by atoms with Crippen molar-refractivity contribution in [3.05, 3.63) is 34.5 Å². The number of nitrogens with one attached hydrogen (secondary N) is 1. The maximum atomic E-state index is 11.8. The maximum Gasteiger partial charge on any atom is 0.281 e. The van der Waals surface area contributed by atoms with Crippen LogP contribution in [0.1, 0.15) is 16.1 Å². The van der Waals surface area contributed by atoms with E-state index in [4.69, 9.17) is 17.3 Å². The first-order valence-corrected chi connectivity index (χ1v) is 5.12. The Labute approximate surface area is 102 Å². The van der Waals surface area contributed by atoms with Crippen molar-refractivity contribution >= 4 is 29.0 Å². The van der Waals surface area contributed by atoms with Gasteiger partial charge in [0.25, 0.3) is 5.91 Å². The number of hydrogen-bond acceptors (Lipinski definition) is 5. The molecule has 0 spiro atoms. The minimum absolute atomic E-state index is 0.0515. The molecule has 88 valence electrons. The molecule has 3 N–H and O–H groups in total. The molecule has 0 radical (unpaired) electrons. The lowest BCUT2D eigenvalue weighted by Gasteiger charge is -2.07. The van der Waals surface area contributed by atoms with E-state index in [-0.39, 0.29) is 11.5 Å². The quantitative estimate of drug-likeness (QED) is 0.851. The molecule has 2 aromatic rings. The second kappa shape index (κ2) is 4.42. The Morgan fingerprint density at radius 3 is 2.88 bits per heavy atom. The van der Waals surface area contributed by atoms with Gasteiger partial charge in [-0.1, -0.05) is 17.7 Å². The van der Waals surface area contributed by atoms with Crippen molar-refractivity contribution in [2.45, 2.75) is 6.92 Å². The lowest BCUT2D eigenvalue weighted by molar-refractivity contribution is 0.101. The van der Waals surface area contributed by atoms with Gasteiger partial charge in [-0.2, -0.15) is 0 Å². The van der Waals surface area contributed by atoms with Crippen LogP contribution in [0.2, 0.25) is 5.02 Å². The number of halogens is 1. The molecular weight excluding hydrogens is 244 g/mol. The van der Waals surface area contributed by atoms with Crippen molar-refractivity contribution in [1.82, 2.24) is 10.3 Å². The summed E-state index contributed by atoms with van der Waals surface area (Å²) in [5, 5.41) is 9.92. The number of rotatable bonds is 2. The highest BCUT2D eigenvalue weighted by Gasteiger charge is 2.16. The summed E-state index contributed by atoms with van der Waals surface area (Å²) in [5.74, 6) is -0.545. The zero-order valence-electron chi connectivity index (χ0n) is 8.90. The number of benzene rings is 1. The van der Waals surface area contributed by atoms with Crippen molar-refractivity contribution in [1.29, 1.82) is 0 Å². The highest BCUT2D eigenvalue weighted by atomic mass is 35.5. The summed E-state index contributed by atoms with van der Waals surface area (Å²) < 4.78 is 4.35. The molecule has 17 heavy (non-hydrogen) atoms. The van der Waals surface area contributed by atoms with Crippen molar-refractivity contribution in [2.24, 2.45) is 0 Å². The van der Waals surface area contributed by atoms with Crippen LogP contribution in [-0.2, 0) is 0 Å². The molecule has 0 atom stereocenters. The molecule has 0 fully saturated rings. The largest absolute Gasteiger partial charge is 0.379 e. The highest BCUT2D eigenvalue weighted by Crippen LogP contribution is 2.23. The Kier molecular flexibility index (Phi) is 2.97. The van der Waals surface area contributed by atoms with E-state index in [2.05, 4.69) is 20.3 Å². The lowest BCUT2D eigenvalue weighted by Crippen LogP contribution is -2.15. The van der Waals surface area contributed by atoms with Gasteiger partial charge in [0.1, 0.15) is 0 Å². The van der Waals surface area contributed by atoms with Crippen molar-refractivity contribution in [3.63, 3.8) is 0 Å². The van der Waals surface area contributed by atoms with Gasteiger partial charge in [0.2, 0.25) is 11.5 Å². The van der Waals surface area contributed by atoms with Crippen LogP contribution in [0.25, 0.3) is 0 Å². The second-order valence-corrected chi connectivity index (χ2v) is 3.77. The van der Waals surface area contributed by atoms with Gasteiger partial charge in [-0.05, 0) is 34.9 Å². The molecule has 1 aromatic heterocycles. The van der Waals surface area contributed by atoms with Crippen LogP contribution >= 0.6 is 11.6 Å². The summed E-state index contributed by atoms with van der Waals surface area (Å²) in [6.07, 6.45) is 0. The Bertz CT molecular complexity index is 567. The summed E-state index contributed by atoms with van der Waals surface area (Å²) in [4.78, 5) is 11.8. The standard InChI is InChI=1S/C10H9ClN4O2/c1-5-6(11)3-2-4-7(5)13-10(16)8-9(12)15-17-14-8/h2-4H,1H3,(H2,12,15)(H,13,16). The number of carbonyl (C=O) groups is 1. The van der Waals surface area contributed by atoms with Crippen LogP contribution < -0.4 is 11.1 Å². The summed E-state index contributed by atoms with van der Waals surface area (Å²) in [7, 11) is 0. The second-order valence-electron chi connectivity index (χ2n) is 3.36. The molecule has 0 aliphatic heterocycles. The van der Waals surface area contributed by atoms with Gasteiger partial charge in [0, 0.05) is 10.7 Å². The van der Waals surface area contributed by atoms with Crippen LogP contribution in [0, 0.1) is 6.92 Å². The fraction of sp³-hybridized carbons (Fsp3) is 0.100. The van der Waals surface area contributed by atoms with Gasteiger partial charge in [0.05, 0.1) is 0 Å². The van der Waals surface area contributed by atoms with E-state index in [1.807, 2.05) is 0 Å². The molecule has 0 aliphatic carbocycles. The van der Waals surface area contributed by atoms with Crippen molar-refractivity contribution in [3.8, 4) is 0 Å². The number of aromatic nitrogens is 2. The van der Waals surface area contributed by atoms with Gasteiger partial charge in [0.15, 0.2) is 0 Å². The molecular formula is C10H9ClN4O2. The molecule has 2 rings (SSSR count). The van der Waals surface area contributed by atoms with Crippen LogP contribution in [0.3, 0.4) is 0 Å². The van der Waals surface area contributed by atoms with E-state index in [1.165, 1.54) is 0 Å². The van der Waals surface area contributed by atoms with Crippen LogP contribution in [-0.4, -0.2) is 16.2 Å². The molecule has 0 saturated heterocycles. The third kappa shape index (κ3) is 2.21. The Morgan fingerprint density at radius 2 is 2.24 bits per heavy atom. The summed E-state index contributed by atoms with van der Waals surface area (Å²) >= 11 is 5.93. The minimum Gasteiger partial charge on any atom is -0.379 e. The topological polar surface area (TPSA) is 94.0 Å². The van der Waals surface area contributed by atoms with Gasteiger partial charge in [-0.15, -0.1) is 0 Å². The van der Waals surface area contributed by atoms with Crippen molar-refractivity contribution in [2.75, 3.05) is 11.1 Å². The molecule has 1 heterocycles. The Morgan fingerprint density at radius 1 is 1.47 bits per heavy atom. The average molecular weight is 253 g/mol. The molecule has 1 amide bonds. The third-order valence-electron chi connectivity index (χ3n) is 2.24. The number of hydrogen-bond donors (Lipinski definition) is 2. The molecule has 0 saturated carbocycles. The predicted molar refractivity (Wildman–Crippen MR) is 62.9 cm³/mol. The number of anilines is 2. The summed E-state index contributed by atoms with van der Waals surface area (Å²) in [5.41, 5.74) is 6.71. The fourth-order valence-corrected chi connectivity index (χ4v) is 1.45. The van der Waals surface area contributed by atoms with Gasteiger partial charge >= 0.3 is 0 Å². The zero-order chi connectivity index (χ0) is 12.4. The number of nitrogen functional groups attached to an aromatic ring is 1.